The second-order valence-corrected chi connectivity index (χ2v) is 42.2. The van der Waals surface area contributed by atoms with Crippen LogP contribution in [0.4, 0.5) is 4.79 Å². The molecule has 1 unspecified atom stereocenters. The Balaban J connectivity index is 0.000000126. The van der Waals surface area contributed by atoms with Gasteiger partial charge in [0.25, 0.3) is 0 Å². The SMILES string of the molecule is CC(C)(C)OC(=O)COc1ccc([S+](c2ccccc2)c2ccccc2)cc1.CC(C)(C)OC(=O)Oc1ccc([S+](c2ccccc2)c2ccccc2)cc1.Oc1ccc([S+](c2ccc(O)cc2)c2ccc3c(c2)-c2ccccc2C3(c2ccccc2)c2ccc(O)cc2)cc1.c1ccc([S+](c2ccccc2)c2ccc3c(c2)-c2ccccc2C3(c2ccccc2)c2ccccc2)cc1. The van der Waals surface area contributed by atoms with Crippen LogP contribution in [-0.2, 0) is 68.7 Å². The van der Waals surface area contributed by atoms with Crippen molar-refractivity contribution in [2.45, 2.75) is 122 Å². The standard InChI is InChI=1S/C37H26O3S.C37H27S.C24H25O3S.C23H23O3S/c38-27-12-10-26(11-13-27)37(25-6-2-1-3-7-25)35-9-5-4-8-33(35)34-24-32(22-23-36(34)37)41(30-18-14-28(39)15-19-30)31-20-16-29(40)17-21-31;1-5-15-28(16-6-1)37(29-17-7-2-8-18-29)35-24-14-13-23-33(35)34-27-32(25-26-36(34)37)38(30-19-9-3-10-20-30)31-21-11-4-12-22-31;1-24(2,3)27-23(25)18-26-19-14-16-22(17-15-19)28(20-10-6-4-7-11-20)21-12-8-5-9-13-21;1-23(2,3)26-22(24)25-18-14-16-21(17-15-18)27(19-10-6-4-7-11-19)20-12-8-5-9-13-20/h1-24H,(H2-,38,39,40);1-27H;4-17H,18H2,1-3H3;4-17H,1-3H3/q;3*+1/p+1. The quantitative estimate of drug-likeness (QED) is 0.0388. The van der Waals surface area contributed by atoms with Crippen molar-refractivity contribution < 1.29 is 43.9 Å². The van der Waals surface area contributed by atoms with Gasteiger partial charge in [-0.05, 0) is 302 Å². The molecule has 0 saturated heterocycles. The molecule has 20 rings (SSSR count). The molecule has 1 atom stereocenters. The second-order valence-electron chi connectivity index (χ2n) is 34.1. The van der Waals surface area contributed by atoms with E-state index in [0.717, 1.165) is 25.1 Å². The van der Waals surface area contributed by atoms with Crippen molar-refractivity contribution in [1.82, 2.24) is 0 Å². The van der Waals surface area contributed by atoms with Crippen LogP contribution in [0.2, 0.25) is 0 Å². The van der Waals surface area contributed by atoms with E-state index in [2.05, 4.69) is 340 Å². The molecule has 2 aliphatic rings. The Morgan fingerprint density at radius 3 is 0.776 bits per heavy atom. The normalized spacial score (nSPS) is 13.1. The number of hydrogen-bond donors (Lipinski definition) is 3. The second kappa shape index (κ2) is 41.4. The minimum atomic E-state index is -0.694. The number of benzene rings is 18. The minimum absolute atomic E-state index is 0.0975. The van der Waals surface area contributed by atoms with Crippen LogP contribution in [0.15, 0.2) is 538 Å². The van der Waals surface area contributed by atoms with Gasteiger partial charge < -0.3 is 34.3 Å². The highest BCUT2D eigenvalue weighted by atomic mass is 32.2. The van der Waals surface area contributed by atoms with Crippen molar-refractivity contribution in [2.75, 3.05) is 6.61 Å². The Kier molecular flexibility index (Phi) is 28.2. The number of carbonyl (C=O) groups is 2. The molecule has 134 heavy (non-hydrogen) atoms. The molecule has 0 saturated carbocycles. The number of aromatic hydroxyl groups is 3. The van der Waals surface area contributed by atoms with Crippen molar-refractivity contribution in [3.8, 4) is 51.0 Å². The lowest BCUT2D eigenvalue weighted by molar-refractivity contribution is -0.157. The fourth-order valence-electron chi connectivity index (χ4n) is 17.5. The van der Waals surface area contributed by atoms with Crippen molar-refractivity contribution in [3.63, 3.8) is 0 Å². The first kappa shape index (κ1) is 91.2. The molecule has 0 radical (unpaired) electrons. The van der Waals surface area contributed by atoms with Crippen LogP contribution in [0.5, 0.6) is 28.7 Å². The summed E-state index contributed by atoms with van der Waals surface area (Å²) in [5.41, 5.74) is 13.0. The lowest BCUT2D eigenvalue weighted by Crippen LogP contribution is -2.28. The van der Waals surface area contributed by atoms with Crippen molar-refractivity contribution in [3.05, 3.63) is 524 Å². The molecular weight excluding hydrogens is 1730 g/mol. The Hall–Kier alpha value is -14.7. The molecule has 18 aromatic rings. The van der Waals surface area contributed by atoms with E-state index < -0.39 is 33.7 Å². The fraction of sp³-hybridized carbons (Fsp3) is 0.0909. The van der Waals surface area contributed by atoms with Gasteiger partial charge in [0.15, 0.2) is 65.4 Å². The third-order valence-corrected chi connectivity index (χ3v) is 31.8. The van der Waals surface area contributed by atoms with Gasteiger partial charge in [0.05, 0.1) is 54.4 Å². The van der Waals surface area contributed by atoms with E-state index in [-0.39, 0.29) is 67.9 Å². The molecule has 0 amide bonds. The third-order valence-electron chi connectivity index (χ3n) is 22.9. The number of esters is 1. The van der Waals surface area contributed by atoms with Crippen LogP contribution in [-0.4, -0.2) is 45.3 Å². The van der Waals surface area contributed by atoms with E-state index in [1.54, 1.807) is 36.4 Å². The van der Waals surface area contributed by atoms with E-state index in [0.29, 0.717) is 11.5 Å². The predicted octanol–water partition coefficient (Wildman–Crippen LogP) is 29.0. The van der Waals surface area contributed by atoms with E-state index in [4.69, 9.17) is 18.9 Å². The van der Waals surface area contributed by atoms with Crippen LogP contribution >= 0.6 is 0 Å². The van der Waals surface area contributed by atoms with Gasteiger partial charge in [0.1, 0.15) is 39.9 Å². The number of rotatable bonds is 20. The van der Waals surface area contributed by atoms with Gasteiger partial charge in [0.2, 0.25) is 0 Å². The zero-order valence-electron chi connectivity index (χ0n) is 75.2. The first-order chi connectivity index (χ1) is 65.3. The maximum atomic E-state index is 11.8. The van der Waals surface area contributed by atoms with Crippen molar-refractivity contribution in [2.24, 2.45) is 0 Å². The highest BCUT2D eigenvalue weighted by Gasteiger charge is 2.49. The molecule has 3 N–H and O–H groups in total. The Bertz CT molecular complexity index is 6740. The van der Waals surface area contributed by atoms with E-state index in [9.17, 15) is 24.9 Å². The molecule has 0 aliphatic heterocycles. The molecular formula is C121H102O9S4+4. The first-order valence-corrected chi connectivity index (χ1v) is 49.4. The highest BCUT2D eigenvalue weighted by molar-refractivity contribution is 7.98. The number of ether oxygens (including phenoxy) is 4. The molecule has 13 heteroatoms. The summed E-state index contributed by atoms with van der Waals surface area (Å²) in [6.07, 6.45) is -0.694. The number of fused-ring (bicyclic) bond motifs is 6. The minimum Gasteiger partial charge on any atom is -0.508 e. The number of phenols is 3. The van der Waals surface area contributed by atoms with E-state index in [1.165, 1.54) is 100 Å². The maximum Gasteiger partial charge on any atom is 0.514 e. The summed E-state index contributed by atoms with van der Waals surface area (Å²) in [7, 11) is -1.09. The highest BCUT2D eigenvalue weighted by Crippen LogP contribution is 2.59. The van der Waals surface area contributed by atoms with Crippen molar-refractivity contribution in [1.29, 1.82) is 0 Å². The molecule has 660 valence electrons. The summed E-state index contributed by atoms with van der Waals surface area (Å²) in [6.45, 7) is 10.9. The van der Waals surface area contributed by atoms with E-state index >= 15 is 0 Å². The van der Waals surface area contributed by atoms with Crippen LogP contribution in [0.3, 0.4) is 0 Å². The summed E-state index contributed by atoms with van der Waals surface area (Å²) >= 11 is 0. The predicted molar refractivity (Wildman–Crippen MR) is 544 cm³/mol. The summed E-state index contributed by atoms with van der Waals surface area (Å²) in [5, 5.41) is 30.2. The van der Waals surface area contributed by atoms with Gasteiger partial charge in [-0.3, -0.25) is 0 Å². The molecule has 0 bridgehead atoms. The summed E-state index contributed by atoms with van der Waals surface area (Å²) in [5.74, 6) is 1.45. The largest absolute Gasteiger partial charge is 0.514 e. The zero-order valence-corrected chi connectivity index (χ0v) is 78.5. The van der Waals surface area contributed by atoms with Crippen LogP contribution in [0, 0.1) is 0 Å². The van der Waals surface area contributed by atoms with Gasteiger partial charge in [-0.1, -0.05) is 273 Å². The van der Waals surface area contributed by atoms with E-state index in [1.807, 2.05) is 145 Å². The zero-order chi connectivity index (χ0) is 92.6. The Morgan fingerprint density at radius 1 is 0.239 bits per heavy atom. The number of carbonyl (C=O) groups excluding carboxylic acids is 2. The van der Waals surface area contributed by atoms with Gasteiger partial charge in [0, 0.05) is 12.1 Å². The van der Waals surface area contributed by atoms with Crippen molar-refractivity contribution >= 4 is 55.7 Å². The monoisotopic (exact) mass is 1830 g/mol. The topological polar surface area (TPSA) is 132 Å². The summed E-state index contributed by atoms with van der Waals surface area (Å²) < 4.78 is 21.3. The Morgan fingerprint density at radius 2 is 0.470 bits per heavy atom. The first-order valence-electron chi connectivity index (χ1n) is 44.5. The average molecular weight is 1830 g/mol. The smallest absolute Gasteiger partial charge is 0.508 e. The molecule has 0 heterocycles. The van der Waals surface area contributed by atoms with Crippen LogP contribution in [0.1, 0.15) is 86.1 Å². The summed E-state index contributed by atoms with van der Waals surface area (Å²) in [6, 6.07) is 166. The van der Waals surface area contributed by atoms with Gasteiger partial charge in [-0.2, -0.15) is 0 Å². The lowest BCUT2D eigenvalue weighted by Gasteiger charge is -2.33. The fourth-order valence-corrected chi connectivity index (χ4v) is 25.8. The van der Waals surface area contributed by atoms with Gasteiger partial charge in [-0.15, -0.1) is 0 Å². The maximum absolute atomic E-state index is 11.8. The molecule has 0 aromatic heterocycles. The molecule has 2 aliphatic carbocycles. The molecule has 18 aromatic carbocycles. The van der Waals surface area contributed by atoms with Gasteiger partial charge >= 0.3 is 12.1 Å². The third kappa shape index (κ3) is 20.5. The lowest BCUT2D eigenvalue weighted by atomic mass is 9.68. The Labute approximate surface area is 797 Å². The number of phenolic OH excluding ortho intramolecular Hbond substituents is 3. The van der Waals surface area contributed by atoms with Crippen LogP contribution in [0.25, 0.3) is 22.3 Å². The van der Waals surface area contributed by atoms with Crippen LogP contribution < -0.4 is 9.47 Å². The average Bonchev–Trinajstić information content (AvgIpc) is 1.54. The molecule has 9 nitrogen and oxygen atoms in total. The molecule has 0 fully saturated rings. The van der Waals surface area contributed by atoms with Gasteiger partial charge in [-0.25, -0.2) is 9.59 Å². The summed E-state index contributed by atoms with van der Waals surface area (Å²) in [4.78, 5) is 38.3. The molecule has 0 spiro atoms. The number of hydrogen-bond acceptors (Lipinski definition) is 9.